The number of hydrogen-bond donors (Lipinski definition) is 1. The molecule has 0 fully saturated rings. The third-order valence-electron chi connectivity index (χ3n) is 1.99. The fourth-order valence-corrected chi connectivity index (χ4v) is 1.78. The fourth-order valence-electron chi connectivity index (χ4n) is 1.33. The molecule has 0 amide bonds. The quantitative estimate of drug-likeness (QED) is 0.734. The molecule has 0 aliphatic heterocycles. The van der Waals surface area contributed by atoms with Gasteiger partial charge in [-0.1, -0.05) is 24.3 Å². The van der Waals surface area contributed by atoms with Crippen molar-refractivity contribution in [2.24, 2.45) is 0 Å². The summed E-state index contributed by atoms with van der Waals surface area (Å²) in [5.74, 6) is -0.649. The fraction of sp³-hybridized carbons (Fsp3) is 0. The van der Waals surface area contributed by atoms with Gasteiger partial charge in [-0.2, -0.15) is 0 Å². The van der Waals surface area contributed by atoms with Gasteiger partial charge in [0.05, 0.1) is 0 Å². The topological polar surface area (TPSA) is 37.3 Å². The van der Waals surface area contributed by atoms with Gasteiger partial charge in [-0.3, -0.25) is 0 Å². The average Bonchev–Trinajstić information content (AvgIpc) is 2.16. The van der Waals surface area contributed by atoms with E-state index in [1.54, 1.807) is 24.3 Å². The molecule has 0 saturated carbocycles. The first kappa shape index (κ1) is 9.30. The zero-order valence-electron chi connectivity index (χ0n) is 7.11. The summed E-state index contributed by atoms with van der Waals surface area (Å²) in [5, 5.41) is 1.48. The summed E-state index contributed by atoms with van der Waals surface area (Å²) in [4.78, 5) is -0.177. The van der Waals surface area contributed by atoms with Crippen LogP contribution >= 0.6 is 0 Å². The maximum Gasteiger partial charge on any atom is 0.189 e. The van der Waals surface area contributed by atoms with Crippen molar-refractivity contribution in [3.05, 3.63) is 42.2 Å². The minimum Gasteiger partial charge on any atom is -0.302 e. The number of hydrogen-bond acceptors (Lipinski definition) is 1. The zero-order chi connectivity index (χ0) is 10.1. The number of rotatable bonds is 1. The van der Waals surface area contributed by atoms with Gasteiger partial charge >= 0.3 is 0 Å². The van der Waals surface area contributed by atoms with Crippen molar-refractivity contribution in [2.75, 3.05) is 0 Å². The van der Waals surface area contributed by atoms with Gasteiger partial charge < -0.3 is 4.55 Å². The molecule has 14 heavy (non-hydrogen) atoms. The van der Waals surface area contributed by atoms with Gasteiger partial charge in [0, 0.05) is 0 Å². The van der Waals surface area contributed by atoms with Crippen molar-refractivity contribution in [3.63, 3.8) is 0 Å². The highest BCUT2D eigenvalue weighted by molar-refractivity contribution is 7.79. The first-order valence-corrected chi connectivity index (χ1v) is 5.08. The highest BCUT2D eigenvalue weighted by Crippen LogP contribution is 2.20. The molecule has 0 spiro atoms. The summed E-state index contributed by atoms with van der Waals surface area (Å²) in [6.07, 6.45) is 0. The Morgan fingerprint density at radius 1 is 1.14 bits per heavy atom. The van der Waals surface area contributed by atoms with Gasteiger partial charge in [0.25, 0.3) is 0 Å². The lowest BCUT2D eigenvalue weighted by Crippen LogP contribution is -1.93. The summed E-state index contributed by atoms with van der Waals surface area (Å²) in [5.41, 5.74) is 0. The summed E-state index contributed by atoms with van der Waals surface area (Å²) < 4.78 is 32.8. The number of fused-ring (bicyclic) bond motifs is 1. The van der Waals surface area contributed by atoms with Crippen LogP contribution in [0.15, 0.2) is 41.3 Å². The lowest BCUT2D eigenvalue weighted by atomic mass is 10.1. The molecule has 1 N–H and O–H groups in total. The number of benzene rings is 2. The molecule has 0 heterocycles. The molecule has 2 aromatic rings. The molecular formula is C10H7FO2S. The van der Waals surface area contributed by atoms with Crippen LogP contribution in [0.25, 0.3) is 10.8 Å². The molecule has 0 bridgehead atoms. The van der Waals surface area contributed by atoms with Crippen LogP contribution in [0.4, 0.5) is 4.39 Å². The second-order valence-corrected chi connectivity index (χ2v) is 3.82. The van der Waals surface area contributed by atoms with Crippen LogP contribution in [0.2, 0.25) is 0 Å². The zero-order valence-corrected chi connectivity index (χ0v) is 7.92. The predicted molar refractivity (Wildman–Crippen MR) is 52.9 cm³/mol. The van der Waals surface area contributed by atoms with Crippen LogP contribution in [-0.2, 0) is 11.1 Å². The van der Waals surface area contributed by atoms with Gasteiger partial charge in [0.1, 0.15) is 10.7 Å². The summed E-state index contributed by atoms with van der Waals surface area (Å²) in [6.45, 7) is 0. The molecule has 2 rings (SSSR count). The van der Waals surface area contributed by atoms with E-state index in [4.69, 9.17) is 4.55 Å². The predicted octanol–water partition coefficient (Wildman–Crippen LogP) is 2.56. The van der Waals surface area contributed by atoms with Crippen LogP contribution in [0.1, 0.15) is 0 Å². The van der Waals surface area contributed by atoms with E-state index >= 15 is 0 Å². The molecule has 0 saturated heterocycles. The molecule has 0 aromatic heterocycles. The van der Waals surface area contributed by atoms with E-state index in [0.29, 0.717) is 0 Å². The van der Waals surface area contributed by atoms with Crippen molar-refractivity contribution in [2.45, 2.75) is 4.90 Å². The Labute approximate surface area is 82.7 Å². The van der Waals surface area contributed by atoms with Gasteiger partial charge in [-0.15, -0.1) is 0 Å². The molecule has 72 valence electrons. The average molecular weight is 210 g/mol. The number of halogens is 1. The monoisotopic (exact) mass is 210 g/mol. The molecule has 1 unspecified atom stereocenters. The van der Waals surface area contributed by atoms with E-state index in [1.807, 2.05) is 0 Å². The minimum atomic E-state index is -2.27. The SMILES string of the molecule is O=S(O)c1cc2ccccc2cc1F. The molecule has 0 radical (unpaired) electrons. The summed E-state index contributed by atoms with van der Waals surface area (Å²) in [7, 11) is 0. The van der Waals surface area contributed by atoms with Crippen LogP contribution in [0.5, 0.6) is 0 Å². The lowest BCUT2D eigenvalue weighted by Gasteiger charge is -2.01. The maximum atomic E-state index is 13.2. The second kappa shape index (κ2) is 3.48. The van der Waals surface area contributed by atoms with Crippen LogP contribution in [0.3, 0.4) is 0 Å². The van der Waals surface area contributed by atoms with Gasteiger partial charge in [-0.05, 0) is 22.9 Å². The molecule has 2 nitrogen and oxygen atoms in total. The first-order chi connectivity index (χ1) is 6.68. The molecule has 2 aromatic carbocycles. The van der Waals surface area contributed by atoms with Crippen molar-refractivity contribution in [1.29, 1.82) is 0 Å². The minimum absolute atomic E-state index is 0.177. The van der Waals surface area contributed by atoms with E-state index in [2.05, 4.69) is 0 Å². The van der Waals surface area contributed by atoms with E-state index in [9.17, 15) is 8.60 Å². The van der Waals surface area contributed by atoms with Crippen molar-refractivity contribution < 1.29 is 13.2 Å². The van der Waals surface area contributed by atoms with Crippen LogP contribution in [-0.4, -0.2) is 8.76 Å². The van der Waals surface area contributed by atoms with Crippen molar-refractivity contribution in [3.8, 4) is 0 Å². The molecular weight excluding hydrogens is 203 g/mol. The third-order valence-corrected chi connectivity index (χ3v) is 2.68. The molecule has 0 aliphatic rings. The smallest absolute Gasteiger partial charge is 0.189 e. The summed E-state index contributed by atoms with van der Waals surface area (Å²) in [6, 6.07) is 9.76. The van der Waals surface area contributed by atoms with Crippen LogP contribution < -0.4 is 0 Å². The van der Waals surface area contributed by atoms with Crippen molar-refractivity contribution >= 4 is 21.9 Å². The highest BCUT2D eigenvalue weighted by atomic mass is 32.2. The van der Waals surface area contributed by atoms with Gasteiger partial charge in [-0.25, -0.2) is 8.60 Å². The maximum absolute atomic E-state index is 13.2. The normalized spacial score (nSPS) is 13.0. The summed E-state index contributed by atoms with van der Waals surface area (Å²) >= 11 is -2.27. The van der Waals surface area contributed by atoms with E-state index in [1.165, 1.54) is 12.1 Å². The van der Waals surface area contributed by atoms with Crippen LogP contribution in [0, 0.1) is 5.82 Å². The lowest BCUT2D eigenvalue weighted by molar-refractivity contribution is 0.545. The Hall–Kier alpha value is -1.26. The Morgan fingerprint density at radius 3 is 2.29 bits per heavy atom. The van der Waals surface area contributed by atoms with Crippen molar-refractivity contribution in [1.82, 2.24) is 0 Å². The Bertz CT molecular complexity index is 510. The van der Waals surface area contributed by atoms with Gasteiger partial charge in [0.2, 0.25) is 0 Å². The third kappa shape index (κ3) is 1.54. The van der Waals surface area contributed by atoms with E-state index < -0.39 is 16.9 Å². The molecule has 1 atom stereocenters. The standard InChI is InChI=1S/C10H7FO2S/c11-9-5-7-3-1-2-4-8(7)6-10(9)14(12)13/h1-6H,(H,12,13). The first-order valence-electron chi connectivity index (χ1n) is 3.97. The van der Waals surface area contributed by atoms with E-state index in [0.717, 1.165) is 10.8 Å². The molecule has 0 aliphatic carbocycles. The van der Waals surface area contributed by atoms with Gasteiger partial charge in [0.15, 0.2) is 11.1 Å². The largest absolute Gasteiger partial charge is 0.302 e. The Balaban J connectivity index is 2.77. The highest BCUT2D eigenvalue weighted by Gasteiger charge is 2.08. The van der Waals surface area contributed by atoms with E-state index in [-0.39, 0.29) is 4.90 Å². The second-order valence-electron chi connectivity index (χ2n) is 2.88. The molecule has 4 heteroatoms. The Morgan fingerprint density at radius 2 is 1.71 bits per heavy atom. The Kier molecular flexibility index (Phi) is 2.31.